The molecule has 0 unspecified atom stereocenters. The standard InChI is InChI=1S/C15H11BrN2O2S/c16-13-6-4-9(21-13)8-17-14-7-5-10-11(15(19)20)2-1-3-12(10)18-14/h1-7H,8H2,(H,17,18)(H,19,20). The van der Waals surface area contributed by atoms with Crippen LogP contribution in [0.15, 0.2) is 46.3 Å². The second kappa shape index (κ2) is 5.83. The summed E-state index contributed by atoms with van der Waals surface area (Å²) in [6, 6.07) is 12.8. The maximum Gasteiger partial charge on any atom is 0.336 e. The summed E-state index contributed by atoms with van der Waals surface area (Å²) in [4.78, 5) is 16.8. The average molecular weight is 363 g/mol. The van der Waals surface area contributed by atoms with Crippen LogP contribution in [0.3, 0.4) is 0 Å². The van der Waals surface area contributed by atoms with Crippen molar-refractivity contribution in [1.29, 1.82) is 0 Å². The minimum Gasteiger partial charge on any atom is -0.478 e. The van der Waals surface area contributed by atoms with Gasteiger partial charge in [0.15, 0.2) is 0 Å². The first kappa shape index (κ1) is 14.0. The van der Waals surface area contributed by atoms with Crippen molar-refractivity contribution >= 4 is 50.0 Å². The van der Waals surface area contributed by atoms with Gasteiger partial charge in [-0.25, -0.2) is 9.78 Å². The Morgan fingerprint density at radius 3 is 2.81 bits per heavy atom. The lowest BCUT2D eigenvalue weighted by molar-refractivity contribution is 0.0699. The number of carboxylic acid groups (broad SMARTS) is 1. The fourth-order valence-electron chi connectivity index (χ4n) is 2.06. The molecule has 0 aliphatic carbocycles. The zero-order valence-electron chi connectivity index (χ0n) is 10.8. The van der Waals surface area contributed by atoms with Crippen molar-refractivity contribution in [3.63, 3.8) is 0 Å². The Kier molecular flexibility index (Phi) is 3.90. The summed E-state index contributed by atoms with van der Waals surface area (Å²) in [5, 5.41) is 13.1. The highest BCUT2D eigenvalue weighted by Gasteiger charge is 2.09. The molecule has 2 N–H and O–H groups in total. The van der Waals surface area contributed by atoms with Crippen LogP contribution in [0.2, 0.25) is 0 Å². The number of nitrogens with zero attached hydrogens (tertiary/aromatic N) is 1. The molecule has 3 aromatic rings. The van der Waals surface area contributed by atoms with E-state index in [0.717, 1.165) is 9.60 Å². The fourth-order valence-corrected chi connectivity index (χ4v) is 3.49. The summed E-state index contributed by atoms with van der Waals surface area (Å²) in [6.07, 6.45) is 0. The number of fused-ring (bicyclic) bond motifs is 1. The lowest BCUT2D eigenvalue weighted by atomic mass is 10.1. The van der Waals surface area contributed by atoms with Crippen molar-refractivity contribution in [3.8, 4) is 0 Å². The third-order valence-electron chi connectivity index (χ3n) is 3.03. The molecule has 0 fully saturated rings. The predicted octanol–water partition coefficient (Wildman–Crippen LogP) is 4.37. The second-order valence-corrected chi connectivity index (χ2v) is 6.98. The molecule has 0 amide bonds. The van der Waals surface area contributed by atoms with Gasteiger partial charge in [-0.3, -0.25) is 0 Å². The zero-order valence-corrected chi connectivity index (χ0v) is 13.2. The monoisotopic (exact) mass is 362 g/mol. The number of hydrogen-bond donors (Lipinski definition) is 2. The molecule has 0 radical (unpaired) electrons. The van der Waals surface area contributed by atoms with Gasteiger partial charge in [0.05, 0.1) is 21.4 Å². The Labute approximate surface area is 133 Å². The van der Waals surface area contributed by atoms with Crippen LogP contribution in [0.5, 0.6) is 0 Å². The average Bonchev–Trinajstić information content (AvgIpc) is 2.89. The number of aromatic carboxylic acids is 1. The second-order valence-electron chi connectivity index (χ2n) is 4.43. The molecule has 6 heteroatoms. The molecule has 2 heterocycles. The molecule has 0 saturated carbocycles. The van der Waals surface area contributed by atoms with E-state index >= 15 is 0 Å². The largest absolute Gasteiger partial charge is 0.478 e. The van der Waals surface area contributed by atoms with Crippen molar-refractivity contribution in [2.45, 2.75) is 6.54 Å². The van der Waals surface area contributed by atoms with Gasteiger partial charge >= 0.3 is 5.97 Å². The summed E-state index contributed by atoms with van der Waals surface area (Å²) in [6.45, 7) is 0.688. The highest BCUT2D eigenvalue weighted by atomic mass is 79.9. The summed E-state index contributed by atoms with van der Waals surface area (Å²) in [5.74, 6) is -0.207. The Hall–Kier alpha value is -1.92. The van der Waals surface area contributed by atoms with Gasteiger partial charge in [-0.15, -0.1) is 11.3 Å². The number of aromatic nitrogens is 1. The van der Waals surface area contributed by atoms with E-state index in [9.17, 15) is 4.79 Å². The molecule has 0 bridgehead atoms. The molecule has 0 spiro atoms. The van der Waals surface area contributed by atoms with E-state index in [1.54, 1.807) is 35.6 Å². The van der Waals surface area contributed by atoms with Crippen LogP contribution in [0.25, 0.3) is 10.9 Å². The number of halogens is 1. The molecule has 106 valence electrons. The van der Waals surface area contributed by atoms with Gasteiger partial charge < -0.3 is 10.4 Å². The van der Waals surface area contributed by atoms with Gasteiger partial charge in [0, 0.05) is 10.3 Å². The van der Waals surface area contributed by atoms with Crippen LogP contribution in [0, 0.1) is 0 Å². The molecular weight excluding hydrogens is 352 g/mol. The summed E-state index contributed by atoms with van der Waals surface area (Å²) in [7, 11) is 0. The van der Waals surface area contributed by atoms with Crippen LogP contribution >= 0.6 is 27.3 Å². The highest BCUT2D eigenvalue weighted by Crippen LogP contribution is 2.23. The fraction of sp³-hybridized carbons (Fsp3) is 0.0667. The Bertz CT molecular complexity index is 816. The van der Waals surface area contributed by atoms with Crippen molar-refractivity contribution < 1.29 is 9.90 Å². The molecule has 0 aliphatic rings. The number of benzene rings is 1. The Balaban J connectivity index is 1.86. The predicted molar refractivity (Wildman–Crippen MR) is 88.0 cm³/mol. The Morgan fingerprint density at radius 1 is 1.24 bits per heavy atom. The molecule has 3 rings (SSSR count). The van der Waals surface area contributed by atoms with E-state index < -0.39 is 5.97 Å². The first-order chi connectivity index (χ1) is 10.1. The molecule has 2 aromatic heterocycles. The maximum absolute atomic E-state index is 11.2. The molecule has 4 nitrogen and oxygen atoms in total. The van der Waals surface area contributed by atoms with Gasteiger partial charge in [-0.05, 0) is 52.3 Å². The van der Waals surface area contributed by atoms with Crippen LogP contribution in [0.4, 0.5) is 5.82 Å². The number of carboxylic acids is 1. The lowest BCUT2D eigenvalue weighted by Gasteiger charge is -2.07. The molecule has 21 heavy (non-hydrogen) atoms. The number of anilines is 1. The number of rotatable bonds is 4. The van der Waals surface area contributed by atoms with Gasteiger partial charge in [0.1, 0.15) is 5.82 Å². The number of thiophene rings is 1. The smallest absolute Gasteiger partial charge is 0.336 e. The van der Waals surface area contributed by atoms with Crippen LogP contribution in [-0.4, -0.2) is 16.1 Å². The maximum atomic E-state index is 11.2. The van der Waals surface area contributed by atoms with Crippen molar-refractivity contribution in [1.82, 2.24) is 4.98 Å². The lowest BCUT2D eigenvalue weighted by Crippen LogP contribution is -2.01. The van der Waals surface area contributed by atoms with Crippen LogP contribution in [-0.2, 0) is 6.54 Å². The SMILES string of the molecule is O=C(O)c1cccc2nc(NCc3ccc(Br)s3)ccc12. The number of carbonyl (C=O) groups is 1. The van der Waals surface area contributed by atoms with Crippen LogP contribution < -0.4 is 5.32 Å². The van der Waals surface area contributed by atoms with E-state index in [0.29, 0.717) is 17.4 Å². The minimum absolute atomic E-state index is 0.272. The van der Waals surface area contributed by atoms with E-state index in [1.807, 2.05) is 18.2 Å². The Morgan fingerprint density at radius 2 is 2.10 bits per heavy atom. The third kappa shape index (κ3) is 3.06. The number of pyridine rings is 1. The summed E-state index contributed by atoms with van der Waals surface area (Å²) < 4.78 is 1.09. The summed E-state index contributed by atoms with van der Waals surface area (Å²) in [5.41, 5.74) is 0.945. The summed E-state index contributed by atoms with van der Waals surface area (Å²) >= 11 is 5.10. The van der Waals surface area contributed by atoms with E-state index in [-0.39, 0.29) is 5.56 Å². The van der Waals surface area contributed by atoms with Crippen molar-refractivity contribution in [2.75, 3.05) is 5.32 Å². The van der Waals surface area contributed by atoms with Gasteiger partial charge in [-0.1, -0.05) is 6.07 Å². The van der Waals surface area contributed by atoms with Gasteiger partial charge in [-0.2, -0.15) is 0 Å². The number of hydrogen-bond acceptors (Lipinski definition) is 4. The normalized spacial score (nSPS) is 10.7. The van der Waals surface area contributed by atoms with E-state index in [2.05, 4.69) is 26.2 Å². The molecule has 0 aliphatic heterocycles. The van der Waals surface area contributed by atoms with Crippen molar-refractivity contribution in [3.05, 3.63) is 56.7 Å². The van der Waals surface area contributed by atoms with Gasteiger partial charge in [0.2, 0.25) is 0 Å². The zero-order chi connectivity index (χ0) is 14.8. The van der Waals surface area contributed by atoms with Gasteiger partial charge in [0.25, 0.3) is 0 Å². The topological polar surface area (TPSA) is 62.2 Å². The van der Waals surface area contributed by atoms with Crippen molar-refractivity contribution in [2.24, 2.45) is 0 Å². The molecular formula is C15H11BrN2O2S. The first-order valence-electron chi connectivity index (χ1n) is 6.24. The third-order valence-corrected chi connectivity index (χ3v) is 4.66. The molecule has 1 aromatic carbocycles. The quantitative estimate of drug-likeness (QED) is 0.723. The molecule has 0 saturated heterocycles. The number of nitrogens with one attached hydrogen (secondary N) is 1. The van der Waals surface area contributed by atoms with E-state index in [4.69, 9.17) is 5.11 Å². The molecule has 0 atom stereocenters. The van der Waals surface area contributed by atoms with E-state index in [1.165, 1.54) is 4.88 Å². The first-order valence-corrected chi connectivity index (χ1v) is 7.85. The minimum atomic E-state index is -0.938. The van der Waals surface area contributed by atoms with Crippen LogP contribution in [0.1, 0.15) is 15.2 Å². The highest BCUT2D eigenvalue weighted by molar-refractivity contribution is 9.11.